The first-order chi connectivity index (χ1) is 11.1. The summed E-state index contributed by atoms with van der Waals surface area (Å²) in [5.74, 6) is 0.999. The Hall–Kier alpha value is -1.72. The molecular weight excluding hydrogens is 361 g/mol. The number of halogens is 2. The lowest BCUT2D eigenvalue weighted by Crippen LogP contribution is -2.17. The molecular formula is C14H11Cl2N3O3S. The molecule has 2 heterocycles. The fraction of sp³-hybridized carbons (Fsp3) is 0.286. The zero-order valence-corrected chi connectivity index (χ0v) is 14.0. The molecule has 2 N–H and O–H groups in total. The third-order valence-electron chi connectivity index (χ3n) is 3.22. The van der Waals surface area contributed by atoms with Crippen molar-refractivity contribution in [2.45, 2.75) is 6.10 Å². The van der Waals surface area contributed by atoms with Gasteiger partial charge in [0.1, 0.15) is 29.8 Å². The third kappa shape index (κ3) is 3.31. The number of hydrogen-bond donors (Lipinski definition) is 2. The van der Waals surface area contributed by atoms with Crippen LogP contribution in [0, 0.1) is 11.3 Å². The van der Waals surface area contributed by atoms with Gasteiger partial charge in [-0.15, -0.1) is 0 Å². The van der Waals surface area contributed by atoms with Gasteiger partial charge in [0.2, 0.25) is 0 Å². The van der Waals surface area contributed by atoms with Gasteiger partial charge in [0.25, 0.3) is 0 Å². The van der Waals surface area contributed by atoms with E-state index in [2.05, 4.69) is 9.69 Å². The standard InChI is InChI=1S/C14H11Cl2N3O3S/c15-9-3-7(4-11-12(9)22-2-1-21-11)10(20)6-18-14-8(5-17)13(16)19-23-14/h3-4,10,18,20H,1-2,6H2/t10-/m1/s1. The van der Waals surface area contributed by atoms with E-state index in [0.717, 1.165) is 11.5 Å². The van der Waals surface area contributed by atoms with Gasteiger partial charge in [-0.3, -0.25) is 0 Å². The van der Waals surface area contributed by atoms with Crippen LogP contribution in [-0.4, -0.2) is 29.2 Å². The van der Waals surface area contributed by atoms with Crippen LogP contribution in [0.25, 0.3) is 0 Å². The molecule has 6 nitrogen and oxygen atoms in total. The molecule has 0 unspecified atom stereocenters. The molecule has 120 valence electrons. The Morgan fingerprint density at radius 1 is 1.39 bits per heavy atom. The van der Waals surface area contributed by atoms with Crippen molar-refractivity contribution in [3.05, 3.63) is 33.4 Å². The molecule has 0 amide bonds. The molecule has 1 aromatic heterocycles. The molecule has 1 aliphatic rings. The minimum atomic E-state index is -0.851. The number of nitrogens with zero attached hydrogens (tertiary/aromatic N) is 2. The van der Waals surface area contributed by atoms with Crippen molar-refractivity contribution >= 4 is 39.7 Å². The lowest BCUT2D eigenvalue weighted by molar-refractivity contribution is 0.167. The van der Waals surface area contributed by atoms with E-state index < -0.39 is 6.10 Å². The van der Waals surface area contributed by atoms with Gasteiger partial charge < -0.3 is 19.9 Å². The van der Waals surface area contributed by atoms with Crippen LogP contribution in [0.3, 0.4) is 0 Å². The van der Waals surface area contributed by atoms with Crippen LogP contribution in [0.15, 0.2) is 12.1 Å². The number of nitriles is 1. The van der Waals surface area contributed by atoms with Gasteiger partial charge in [-0.1, -0.05) is 23.2 Å². The molecule has 0 radical (unpaired) electrons. The number of rotatable bonds is 4. The van der Waals surface area contributed by atoms with E-state index in [1.807, 2.05) is 6.07 Å². The minimum Gasteiger partial charge on any atom is -0.486 e. The maximum absolute atomic E-state index is 10.3. The Morgan fingerprint density at radius 3 is 2.96 bits per heavy atom. The van der Waals surface area contributed by atoms with Crippen LogP contribution >= 0.6 is 34.7 Å². The van der Waals surface area contributed by atoms with Crippen molar-refractivity contribution < 1.29 is 14.6 Å². The van der Waals surface area contributed by atoms with Crippen LogP contribution in [0.4, 0.5) is 5.00 Å². The molecule has 1 aromatic carbocycles. The van der Waals surface area contributed by atoms with Gasteiger partial charge in [0, 0.05) is 6.54 Å². The predicted octanol–water partition coefficient (Wildman–Crippen LogP) is 3.24. The molecule has 0 bridgehead atoms. The van der Waals surface area contributed by atoms with E-state index in [-0.39, 0.29) is 17.3 Å². The lowest BCUT2D eigenvalue weighted by Gasteiger charge is -2.21. The largest absolute Gasteiger partial charge is 0.486 e. The Labute approximate surface area is 146 Å². The van der Waals surface area contributed by atoms with Crippen LogP contribution in [0.1, 0.15) is 17.2 Å². The number of hydrogen-bond acceptors (Lipinski definition) is 7. The number of fused-ring (bicyclic) bond motifs is 1. The van der Waals surface area contributed by atoms with Gasteiger partial charge >= 0.3 is 0 Å². The van der Waals surface area contributed by atoms with E-state index in [0.29, 0.717) is 40.3 Å². The predicted molar refractivity (Wildman–Crippen MR) is 87.7 cm³/mol. The summed E-state index contributed by atoms with van der Waals surface area (Å²) < 4.78 is 14.8. The topological polar surface area (TPSA) is 87.4 Å². The number of aliphatic hydroxyl groups excluding tert-OH is 1. The molecule has 3 rings (SSSR count). The minimum absolute atomic E-state index is 0.150. The van der Waals surface area contributed by atoms with Gasteiger partial charge in [-0.2, -0.15) is 9.64 Å². The summed E-state index contributed by atoms with van der Waals surface area (Å²) in [6, 6.07) is 5.29. The van der Waals surface area contributed by atoms with Crippen molar-refractivity contribution in [1.82, 2.24) is 4.37 Å². The van der Waals surface area contributed by atoms with Crippen LogP contribution in [0.2, 0.25) is 10.2 Å². The first kappa shape index (κ1) is 16.1. The molecule has 0 aliphatic carbocycles. The Kier molecular flexibility index (Phi) is 4.78. The first-order valence-corrected chi connectivity index (χ1v) is 8.19. The Morgan fingerprint density at radius 2 is 2.17 bits per heavy atom. The number of nitrogens with one attached hydrogen (secondary N) is 1. The van der Waals surface area contributed by atoms with Crippen LogP contribution in [0.5, 0.6) is 11.5 Å². The molecule has 0 saturated carbocycles. The Bertz CT molecular complexity index is 775. The van der Waals surface area contributed by atoms with Gasteiger partial charge in [-0.25, -0.2) is 0 Å². The molecule has 1 atom stereocenters. The van der Waals surface area contributed by atoms with Crippen molar-refractivity contribution in [2.75, 3.05) is 25.1 Å². The molecule has 0 fully saturated rings. The highest BCUT2D eigenvalue weighted by atomic mass is 35.5. The summed E-state index contributed by atoms with van der Waals surface area (Å²) in [7, 11) is 0. The number of benzene rings is 1. The van der Waals surface area contributed by atoms with Crippen LogP contribution in [-0.2, 0) is 0 Å². The number of aromatic nitrogens is 1. The van der Waals surface area contributed by atoms with Gasteiger partial charge in [-0.05, 0) is 29.2 Å². The third-order valence-corrected chi connectivity index (χ3v) is 4.68. The van der Waals surface area contributed by atoms with Gasteiger partial charge in [0.15, 0.2) is 16.7 Å². The molecule has 2 aromatic rings. The average molecular weight is 372 g/mol. The second kappa shape index (κ2) is 6.81. The van der Waals surface area contributed by atoms with Crippen molar-refractivity contribution in [1.29, 1.82) is 5.26 Å². The summed E-state index contributed by atoms with van der Waals surface area (Å²) in [6.45, 7) is 1.05. The molecule has 0 saturated heterocycles. The summed E-state index contributed by atoms with van der Waals surface area (Å²) >= 11 is 13.0. The summed E-state index contributed by atoms with van der Waals surface area (Å²) in [4.78, 5) is 0. The maximum Gasteiger partial charge on any atom is 0.179 e. The second-order valence-corrected chi connectivity index (χ2v) is 6.25. The van der Waals surface area contributed by atoms with Gasteiger partial charge in [0.05, 0.1) is 11.1 Å². The highest BCUT2D eigenvalue weighted by Gasteiger charge is 2.20. The number of anilines is 1. The monoisotopic (exact) mass is 371 g/mol. The second-order valence-electron chi connectivity index (χ2n) is 4.71. The summed E-state index contributed by atoms with van der Waals surface area (Å²) in [5.41, 5.74) is 0.852. The maximum atomic E-state index is 10.3. The van der Waals surface area contributed by atoms with E-state index in [1.54, 1.807) is 12.1 Å². The van der Waals surface area contributed by atoms with E-state index in [9.17, 15) is 5.11 Å². The number of aliphatic hydroxyl groups is 1. The highest BCUT2D eigenvalue weighted by molar-refractivity contribution is 7.10. The zero-order valence-electron chi connectivity index (χ0n) is 11.7. The van der Waals surface area contributed by atoms with E-state index in [4.69, 9.17) is 37.9 Å². The molecule has 1 aliphatic heterocycles. The SMILES string of the molecule is N#Cc1c(Cl)nsc1NC[C@@H](O)c1cc(Cl)c2c(c1)OCCO2. The fourth-order valence-electron chi connectivity index (χ4n) is 2.12. The zero-order chi connectivity index (χ0) is 16.4. The van der Waals surface area contributed by atoms with E-state index >= 15 is 0 Å². The normalized spacial score (nSPS) is 14.2. The summed E-state index contributed by atoms with van der Waals surface area (Å²) in [6.07, 6.45) is -0.851. The van der Waals surface area contributed by atoms with E-state index in [1.165, 1.54) is 0 Å². The quantitative estimate of drug-likeness (QED) is 0.857. The first-order valence-electron chi connectivity index (χ1n) is 6.66. The van der Waals surface area contributed by atoms with Crippen molar-refractivity contribution in [2.24, 2.45) is 0 Å². The molecule has 23 heavy (non-hydrogen) atoms. The average Bonchev–Trinajstić information content (AvgIpc) is 2.92. The van der Waals surface area contributed by atoms with Crippen molar-refractivity contribution in [3.8, 4) is 17.6 Å². The lowest BCUT2D eigenvalue weighted by atomic mass is 10.1. The number of ether oxygens (including phenoxy) is 2. The highest BCUT2D eigenvalue weighted by Crippen LogP contribution is 2.39. The smallest absolute Gasteiger partial charge is 0.179 e. The summed E-state index contributed by atoms with van der Waals surface area (Å²) in [5, 5.41) is 23.4. The molecule has 0 spiro atoms. The van der Waals surface area contributed by atoms with Crippen molar-refractivity contribution in [3.63, 3.8) is 0 Å². The Balaban J connectivity index is 1.75. The molecule has 9 heteroatoms. The fourth-order valence-corrected chi connectivity index (χ4v) is 3.33. The van der Waals surface area contributed by atoms with Crippen LogP contribution < -0.4 is 14.8 Å².